The summed E-state index contributed by atoms with van der Waals surface area (Å²) < 4.78 is 10.7. The monoisotopic (exact) mass is 360 g/mol. The van der Waals surface area contributed by atoms with E-state index in [0.29, 0.717) is 24.2 Å². The van der Waals surface area contributed by atoms with Gasteiger partial charge in [-0.2, -0.15) is 0 Å². The minimum absolute atomic E-state index is 0.303. The lowest BCUT2D eigenvalue weighted by Gasteiger charge is -2.22. The molecule has 0 aliphatic heterocycles. The molecule has 1 aromatic heterocycles. The van der Waals surface area contributed by atoms with Crippen molar-refractivity contribution in [1.82, 2.24) is 5.32 Å². The minimum atomic E-state index is -1.32. The zero-order chi connectivity index (χ0) is 19.3. The van der Waals surface area contributed by atoms with Gasteiger partial charge in [0.05, 0.1) is 12.0 Å². The van der Waals surface area contributed by atoms with Crippen LogP contribution in [0.4, 0.5) is 0 Å². The molecule has 0 bridgehead atoms. The van der Waals surface area contributed by atoms with Gasteiger partial charge in [-0.1, -0.05) is 19.8 Å². The van der Waals surface area contributed by atoms with Crippen molar-refractivity contribution in [3.63, 3.8) is 0 Å². The average molecular weight is 360 g/mol. The third kappa shape index (κ3) is 4.84. The first-order valence-corrected chi connectivity index (χ1v) is 8.54. The first-order valence-electron chi connectivity index (χ1n) is 8.54. The third-order valence-corrected chi connectivity index (χ3v) is 4.05. The molecule has 0 aliphatic carbocycles. The van der Waals surface area contributed by atoms with E-state index in [0.717, 1.165) is 17.4 Å². The molecule has 0 saturated heterocycles. The molecule has 2 rings (SSSR count). The molecule has 7 heteroatoms. The smallest absolute Gasteiger partial charge is 0.336 e. The fourth-order valence-corrected chi connectivity index (χ4v) is 2.58. The van der Waals surface area contributed by atoms with Gasteiger partial charge in [0.15, 0.2) is 6.10 Å². The highest BCUT2D eigenvalue weighted by Gasteiger charge is 2.20. The van der Waals surface area contributed by atoms with E-state index in [9.17, 15) is 19.5 Å². The summed E-state index contributed by atoms with van der Waals surface area (Å²) in [4.78, 5) is 34.8. The first kappa shape index (κ1) is 19.5. The van der Waals surface area contributed by atoms with Crippen LogP contribution in [0.25, 0.3) is 11.0 Å². The zero-order valence-corrected chi connectivity index (χ0v) is 15.0. The fraction of sp³-hybridized carbons (Fsp3) is 0.421. The Hall–Kier alpha value is -2.83. The highest BCUT2D eigenvalue weighted by Crippen LogP contribution is 2.23. The Bertz CT molecular complexity index is 857. The van der Waals surface area contributed by atoms with E-state index in [-0.39, 0.29) is 0 Å². The minimum Gasteiger partial charge on any atom is -0.548 e. The molecule has 7 nitrogen and oxygen atoms in total. The molecule has 0 fully saturated rings. The number of aliphatic carboxylic acids is 1. The molecule has 0 unspecified atom stereocenters. The van der Waals surface area contributed by atoms with Crippen LogP contribution < -0.4 is 20.8 Å². The molecular weight excluding hydrogens is 338 g/mol. The number of unbranched alkanes of at least 4 members (excludes halogenated alkanes) is 1. The maximum Gasteiger partial charge on any atom is 0.336 e. The van der Waals surface area contributed by atoms with Crippen LogP contribution >= 0.6 is 0 Å². The van der Waals surface area contributed by atoms with Crippen LogP contribution in [0.2, 0.25) is 0 Å². The summed E-state index contributed by atoms with van der Waals surface area (Å²) in [6.07, 6.45) is 0.856. The summed E-state index contributed by atoms with van der Waals surface area (Å²) in [6, 6.07) is 5.27. The maximum absolute atomic E-state index is 12.2. The van der Waals surface area contributed by atoms with Gasteiger partial charge < -0.3 is 24.4 Å². The van der Waals surface area contributed by atoms with Gasteiger partial charge in [-0.25, -0.2) is 4.79 Å². The van der Waals surface area contributed by atoms with E-state index in [1.54, 1.807) is 19.1 Å². The SMILES string of the molecule is CCCC[C@@H](NC(=O)[C@@H](C)Oc1ccc2c(C)cc(=O)oc2c1)C(=O)[O-]. The number of ether oxygens (including phenoxy) is 1. The summed E-state index contributed by atoms with van der Waals surface area (Å²) in [5, 5.41) is 14.3. The molecule has 0 spiro atoms. The Morgan fingerprint density at radius 2 is 2.04 bits per heavy atom. The van der Waals surface area contributed by atoms with Crippen molar-refractivity contribution < 1.29 is 23.8 Å². The Morgan fingerprint density at radius 3 is 2.69 bits per heavy atom. The maximum atomic E-state index is 12.2. The number of rotatable bonds is 8. The summed E-state index contributed by atoms with van der Waals surface area (Å²) in [5.41, 5.74) is 0.669. The van der Waals surface area contributed by atoms with Gasteiger partial charge >= 0.3 is 5.63 Å². The molecule has 2 atom stereocenters. The molecule has 0 saturated carbocycles. The van der Waals surface area contributed by atoms with Gasteiger partial charge in [-0.05, 0) is 38.0 Å². The van der Waals surface area contributed by atoms with E-state index in [1.807, 2.05) is 6.92 Å². The van der Waals surface area contributed by atoms with E-state index >= 15 is 0 Å². The molecular formula is C19H22NO6-. The quantitative estimate of drug-likeness (QED) is 0.711. The largest absolute Gasteiger partial charge is 0.548 e. The van der Waals surface area contributed by atoms with Crippen LogP contribution in [0, 0.1) is 6.92 Å². The molecule has 1 amide bonds. The normalized spacial score (nSPS) is 13.2. The first-order chi connectivity index (χ1) is 12.3. The van der Waals surface area contributed by atoms with Crippen LogP contribution in [0.3, 0.4) is 0 Å². The van der Waals surface area contributed by atoms with Gasteiger partial charge in [0, 0.05) is 17.5 Å². The average Bonchev–Trinajstić information content (AvgIpc) is 2.57. The van der Waals surface area contributed by atoms with Crippen LogP contribution in [-0.4, -0.2) is 24.0 Å². The predicted molar refractivity (Wildman–Crippen MR) is 93.8 cm³/mol. The number of aryl methyl sites for hydroxylation is 1. The van der Waals surface area contributed by atoms with Crippen molar-refractivity contribution >= 4 is 22.8 Å². The number of benzene rings is 1. The Kier molecular flexibility index (Phi) is 6.38. The van der Waals surface area contributed by atoms with Crippen molar-refractivity contribution in [2.45, 2.75) is 52.2 Å². The number of hydrogen-bond donors (Lipinski definition) is 1. The lowest BCUT2D eigenvalue weighted by Crippen LogP contribution is -2.51. The third-order valence-electron chi connectivity index (χ3n) is 4.05. The van der Waals surface area contributed by atoms with Gasteiger partial charge in [-0.15, -0.1) is 0 Å². The molecule has 26 heavy (non-hydrogen) atoms. The van der Waals surface area contributed by atoms with Gasteiger partial charge in [0.1, 0.15) is 11.3 Å². The number of carboxylic acids is 1. The number of carbonyl (C=O) groups is 2. The van der Waals surface area contributed by atoms with Gasteiger partial charge in [-0.3, -0.25) is 4.79 Å². The van der Waals surface area contributed by atoms with Crippen molar-refractivity contribution in [1.29, 1.82) is 0 Å². The van der Waals surface area contributed by atoms with Crippen LogP contribution in [0.5, 0.6) is 5.75 Å². The molecule has 1 aromatic carbocycles. The predicted octanol–water partition coefficient (Wildman–Crippen LogP) is 1.29. The molecule has 1 heterocycles. The van der Waals surface area contributed by atoms with Crippen LogP contribution in [0.15, 0.2) is 33.5 Å². The number of amides is 1. The summed E-state index contributed by atoms with van der Waals surface area (Å²) in [5.74, 6) is -1.53. The molecule has 2 aromatic rings. The second kappa shape index (κ2) is 8.51. The Labute approximate surface area is 151 Å². The van der Waals surface area contributed by atoms with Crippen molar-refractivity contribution in [3.05, 3.63) is 40.2 Å². The topological polar surface area (TPSA) is 109 Å². The standard InChI is InChI=1S/C19H23NO6/c1-4-5-6-15(19(23)24)20-18(22)12(3)25-13-7-8-14-11(2)9-17(21)26-16(14)10-13/h7-10,12,15H,4-6H2,1-3H3,(H,20,22)(H,23,24)/p-1/t12-,15-/m1/s1. The number of carboxylic acid groups (broad SMARTS) is 1. The summed E-state index contributed by atoms with van der Waals surface area (Å²) in [6.45, 7) is 5.24. The van der Waals surface area contributed by atoms with E-state index in [2.05, 4.69) is 5.32 Å². The zero-order valence-electron chi connectivity index (χ0n) is 15.0. The second-order valence-corrected chi connectivity index (χ2v) is 6.19. The number of carbonyl (C=O) groups excluding carboxylic acids is 2. The number of nitrogens with one attached hydrogen (secondary N) is 1. The second-order valence-electron chi connectivity index (χ2n) is 6.19. The van der Waals surface area contributed by atoms with E-state index < -0.39 is 29.6 Å². The van der Waals surface area contributed by atoms with Gasteiger partial charge in [0.25, 0.3) is 5.91 Å². The van der Waals surface area contributed by atoms with Crippen LogP contribution in [-0.2, 0) is 9.59 Å². The highest BCUT2D eigenvalue weighted by molar-refractivity contribution is 5.86. The molecule has 0 radical (unpaired) electrons. The van der Waals surface area contributed by atoms with Crippen molar-refractivity contribution in [2.75, 3.05) is 0 Å². The highest BCUT2D eigenvalue weighted by atomic mass is 16.5. The summed E-state index contributed by atoms with van der Waals surface area (Å²) >= 11 is 0. The number of hydrogen-bond acceptors (Lipinski definition) is 6. The molecule has 140 valence electrons. The Balaban J connectivity index is 2.09. The Morgan fingerprint density at radius 1 is 1.31 bits per heavy atom. The van der Waals surface area contributed by atoms with Crippen LogP contribution in [0.1, 0.15) is 38.7 Å². The van der Waals surface area contributed by atoms with Crippen molar-refractivity contribution in [3.8, 4) is 5.75 Å². The van der Waals surface area contributed by atoms with E-state index in [4.69, 9.17) is 9.15 Å². The van der Waals surface area contributed by atoms with Gasteiger partial charge in [0.2, 0.25) is 0 Å². The lowest BCUT2D eigenvalue weighted by molar-refractivity contribution is -0.308. The van der Waals surface area contributed by atoms with E-state index in [1.165, 1.54) is 19.1 Å². The lowest BCUT2D eigenvalue weighted by atomic mass is 10.1. The molecule has 0 aliphatic rings. The summed E-state index contributed by atoms with van der Waals surface area (Å²) in [7, 11) is 0. The van der Waals surface area contributed by atoms with Crippen molar-refractivity contribution in [2.24, 2.45) is 0 Å². The molecule has 1 N–H and O–H groups in total. The fourth-order valence-electron chi connectivity index (χ4n) is 2.58. The number of fused-ring (bicyclic) bond motifs is 1.